The molecule has 0 aliphatic carbocycles. The van der Waals surface area contributed by atoms with Gasteiger partial charge in [-0.3, -0.25) is 4.79 Å². The van der Waals surface area contributed by atoms with E-state index in [0.29, 0.717) is 5.58 Å². The van der Waals surface area contributed by atoms with Gasteiger partial charge in [-0.2, -0.15) is 0 Å². The van der Waals surface area contributed by atoms with Crippen molar-refractivity contribution in [1.82, 2.24) is 0 Å². The highest BCUT2D eigenvalue weighted by Gasteiger charge is 2.20. The Morgan fingerprint density at radius 2 is 1.90 bits per heavy atom. The van der Waals surface area contributed by atoms with Gasteiger partial charge in [-0.1, -0.05) is 41.4 Å². The fourth-order valence-electron chi connectivity index (χ4n) is 2.15. The zero-order chi connectivity index (χ0) is 15.1. The molecule has 0 saturated heterocycles. The Bertz CT molecular complexity index is 868. The van der Waals surface area contributed by atoms with Crippen molar-refractivity contribution in [3.05, 3.63) is 69.1 Å². The number of halogens is 3. The molecule has 0 aliphatic heterocycles. The SMILES string of the molecule is Cc1cccc2cc(C(=O)c3cc(F)c(Cl)cc3Cl)oc12. The summed E-state index contributed by atoms with van der Waals surface area (Å²) in [5.74, 6) is -1.06. The van der Waals surface area contributed by atoms with Crippen LogP contribution in [0.15, 0.2) is 40.8 Å². The van der Waals surface area contributed by atoms with Crippen LogP contribution >= 0.6 is 23.2 Å². The fourth-order valence-corrected chi connectivity index (χ4v) is 2.62. The number of para-hydroxylation sites is 1. The molecular formula is C16H9Cl2FO2. The molecule has 0 N–H and O–H groups in total. The van der Waals surface area contributed by atoms with Crippen LogP contribution in [0.1, 0.15) is 21.7 Å². The van der Waals surface area contributed by atoms with Crippen LogP contribution in [0.3, 0.4) is 0 Å². The predicted molar refractivity (Wildman–Crippen MR) is 80.8 cm³/mol. The first-order valence-electron chi connectivity index (χ1n) is 6.16. The molecule has 0 spiro atoms. The summed E-state index contributed by atoms with van der Waals surface area (Å²) in [6.45, 7) is 1.88. The minimum Gasteiger partial charge on any atom is -0.452 e. The minimum atomic E-state index is -0.697. The number of ketones is 1. The van der Waals surface area contributed by atoms with Gasteiger partial charge in [-0.15, -0.1) is 0 Å². The highest BCUT2D eigenvalue weighted by molar-refractivity contribution is 6.37. The van der Waals surface area contributed by atoms with E-state index in [9.17, 15) is 9.18 Å². The van der Waals surface area contributed by atoms with Crippen LogP contribution in [-0.4, -0.2) is 5.78 Å². The van der Waals surface area contributed by atoms with E-state index in [1.165, 1.54) is 6.07 Å². The Balaban J connectivity index is 2.12. The number of carbonyl (C=O) groups excluding carboxylic acids is 1. The highest BCUT2D eigenvalue weighted by atomic mass is 35.5. The van der Waals surface area contributed by atoms with Crippen molar-refractivity contribution in [1.29, 1.82) is 0 Å². The summed E-state index contributed by atoms with van der Waals surface area (Å²) in [7, 11) is 0. The van der Waals surface area contributed by atoms with Gasteiger partial charge in [0.2, 0.25) is 5.78 Å². The van der Waals surface area contributed by atoms with Crippen molar-refractivity contribution < 1.29 is 13.6 Å². The fraction of sp³-hybridized carbons (Fsp3) is 0.0625. The molecule has 1 aromatic heterocycles. The molecule has 0 fully saturated rings. The second kappa shape index (κ2) is 5.17. The summed E-state index contributed by atoms with van der Waals surface area (Å²) in [4.78, 5) is 12.4. The smallest absolute Gasteiger partial charge is 0.229 e. The molecule has 0 bridgehead atoms. The van der Waals surface area contributed by atoms with Crippen LogP contribution in [0.25, 0.3) is 11.0 Å². The molecule has 3 rings (SSSR count). The Morgan fingerprint density at radius 1 is 1.14 bits per heavy atom. The van der Waals surface area contributed by atoms with Crippen LogP contribution in [0.4, 0.5) is 4.39 Å². The van der Waals surface area contributed by atoms with Gasteiger partial charge in [0.05, 0.1) is 10.0 Å². The summed E-state index contributed by atoms with van der Waals surface area (Å²) < 4.78 is 19.1. The van der Waals surface area contributed by atoms with E-state index < -0.39 is 11.6 Å². The quantitative estimate of drug-likeness (QED) is 0.466. The number of furan rings is 1. The molecule has 0 aliphatic rings. The van der Waals surface area contributed by atoms with Gasteiger partial charge in [0, 0.05) is 10.9 Å². The number of fused-ring (bicyclic) bond motifs is 1. The molecule has 106 valence electrons. The molecule has 0 atom stereocenters. The molecule has 0 amide bonds. The van der Waals surface area contributed by atoms with Gasteiger partial charge in [0.1, 0.15) is 11.4 Å². The first-order chi connectivity index (χ1) is 9.97. The lowest BCUT2D eigenvalue weighted by atomic mass is 10.1. The minimum absolute atomic E-state index is 0.0234. The number of hydrogen-bond donors (Lipinski definition) is 0. The number of hydrogen-bond acceptors (Lipinski definition) is 2. The largest absolute Gasteiger partial charge is 0.452 e. The molecule has 2 aromatic carbocycles. The third-order valence-corrected chi connectivity index (χ3v) is 3.82. The van der Waals surface area contributed by atoms with Crippen molar-refractivity contribution in [2.45, 2.75) is 6.92 Å². The van der Waals surface area contributed by atoms with Crippen LogP contribution in [0.5, 0.6) is 0 Å². The highest BCUT2D eigenvalue weighted by Crippen LogP contribution is 2.29. The Labute approximate surface area is 130 Å². The van der Waals surface area contributed by atoms with E-state index in [-0.39, 0.29) is 21.4 Å². The van der Waals surface area contributed by atoms with Crippen molar-refractivity contribution in [2.75, 3.05) is 0 Å². The Morgan fingerprint density at radius 3 is 2.62 bits per heavy atom. The average Bonchev–Trinajstić information content (AvgIpc) is 2.87. The number of rotatable bonds is 2. The molecule has 3 aromatic rings. The van der Waals surface area contributed by atoms with Crippen LogP contribution in [-0.2, 0) is 0 Å². The third-order valence-electron chi connectivity index (χ3n) is 3.22. The Hall–Kier alpha value is -1.84. The van der Waals surface area contributed by atoms with Gasteiger partial charge < -0.3 is 4.42 Å². The molecule has 1 heterocycles. The first kappa shape index (κ1) is 14.1. The molecule has 0 unspecified atom stereocenters. The monoisotopic (exact) mass is 322 g/mol. The van der Waals surface area contributed by atoms with E-state index in [2.05, 4.69) is 0 Å². The summed E-state index contributed by atoms with van der Waals surface area (Å²) in [6.07, 6.45) is 0. The zero-order valence-electron chi connectivity index (χ0n) is 10.9. The van der Waals surface area contributed by atoms with Crippen molar-refractivity contribution in [2.24, 2.45) is 0 Å². The van der Waals surface area contributed by atoms with E-state index in [0.717, 1.165) is 17.0 Å². The van der Waals surface area contributed by atoms with Gasteiger partial charge in [0.25, 0.3) is 0 Å². The maximum absolute atomic E-state index is 13.5. The molecule has 0 saturated carbocycles. The first-order valence-corrected chi connectivity index (χ1v) is 6.91. The van der Waals surface area contributed by atoms with Crippen LogP contribution in [0.2, 0.25) is 10.0 Å². The van der Waals surface area contributed by atoms with Crippen LogP contribution < -0.4 is 0 Å². The van der Waals surface area contributed by atoms with Crippen molar-refractivity contribution in [3.8, 4) is 0 Å². The van der Waals surface area contributed by atoms with Gasteiger partial charge in [0.15, 0.2) is 5.76 Å². The van der Waals surface area contributed by atoms with Crippen molar-refractivity contribution >= 4 is 40.0 Å². The maximum Gasteiger partial charge on any atom is 0.229 e. The second-order valence-electron chi connectivity index (χ2n) is 4.68. The second-order valence-corrected chi connectivity index (χ2v) is 5.49. The number of benzene rings is 2. The number of carbonyl (C=O) groups is 1. The summed E-state index contributed by atoms with van der Waals surface area (Å²) in [5, 5.41) is 0.768. The lowest BCUT2D eigenvalue weighted by molar-refractivity contribution is 0.101. The summed E-state index contributed by atoms with van der Waals surface area (Å²) in [6, 6.07) is 9.44. The number of aryl methyl sites for hydroxylation is 1. The lowest BCUT2D eigenvalue weighted by Gasteiger charge is -2.03. The normalized spacial score (nSPS) is 11.0. The molecule has 5 heteroatoms. The average molecular weight is 323 g/mol. The summed E-state index contributed by atoms with van der Waals surface area (Å²) in [5.41, 5.74) is 1.57. The van der Waals surface area contributed by atoms with E-state index in [4.69, 9.17) is 27.6 Å². The Kier molecular flexibility index (Phi) is 3.47. The lowest BCUT2D eigenvalue weighted by Crippen LogP contribution is -2.01. The predicted octanol–water partition coefficient (Wildman–Crippen LogP) is 5.42. The van der Waals surface area contributed by atoms with Gasteiger partial charge in [-0.25, -0.2) is 4.39 Å². The summed E-state index contributed by atoms with van der Waals surface area (Å²) >= 11 is 11.6. The topological polar surface area (TPSA) is 30.2 Å². The van der Waals surface area contributed by atoms with Crippen molar-refractivity contribution in [3.63, 3.8) is 0 Å². The molecule has 0 radical (unpaired) electrons. The molecular weight excluding hydrogens is 314 g/mol. The molecule has 21 heavy (non-hydrogen) atoms. The maximum atomic E-state index is 13.5. The standard InChI is InChI=1S/C16H9Cl2FO2/c1-8-3-2-4-9-5-14(21-16(8)9)15(20)10-6-13(19)12(18)7-11(10)17/h2-7H,1H3. The van der Waals surface area contributed by atoms with E-state index >= 15 is 0 Å². The van der Waals surface area contributed by atoms with Gasteiger partial charge in [-0.05, 0) is 30.7 Å². The van der Waals surface area contributed by atoms with Crippen LogP contribution in [0, 0.1) is 12.7 Å². The van der Waals surface area contributed by atoms with Gasteiger partial charge >= 0.3 is 0 Å². The van der Waals surface area contributed by atoms with E-state index in [1.807, 2.05) is 25.1 Å². The zero-order valence-corrected chi connectivity index (χ0v) is 12.4. The molecule has 2 nitrogen and oxygen atoms in total. The third kappa shape index (κ3) is 2.43. The van der Waals surface area contributed by atoms with E-state index in [1.54, 1.807) is 6.07 Å².